The van der Waals surface area contributed by atoms with E-state index in [0.717, 1.165) is 18.6 Å². The number of para-hydroxylation sites is 1. The molecule has 0 spiro atoms. The van der Waals surface area contributed by atoms with Gasteiger partial charge in [-0.25, -0.2) is 0 Å². The van der Waals surface area contributed by atoms with Crippen LogP contribution in [0.15, 0.2) is 24.3 Å². The van der Waals surface area contributed by atoms with Gasteiger partial charge in [0, 0.05) is 17.5 Å². The number of hydrogen-bond acceptors (Lipinski definition) is 3. The maximum atomic E-state index is 11.4. The Bertz CT molecular complexity index is 440. The number of rotatable bonds is 5. The topological polar surface area (TPSA) is 64.3 Å². The van der Waals surface area contributed by atoms with Gasteiger partial charge in [-0.1, -0.05) is 31.0 Å². The van der Waals surface area contributed by atoms with Gasteiger partial charge in [-0.15, -0.1) is 0 Å². The Hall–Kier alpha value is -1.55. The molecular weight excluding hydrogens is 240 g/mol. The highest BCUT2D eigenvalue weighted by atomic mass is 16.5. The average Bonchev–Trinajstić information content (AvgIpc) is 2.94. The molecule has 2 rings (SSSR count). The fraction of sp³-hybridized carbons (Fsp3) is 0.533. The third-order valence-electron chi connectivity index (χ3n) is 4.05. The third-order valence-corrected chi connectivity index (χ3v) is 4.05. The number of benzene rings is 1. The predicted octanol–water partition coefficient (Wildman–Crippen LogP) is 1.58. The highest BCUT2D eigenvalue weighted by Gasteiger charge is 2.37. The lowest BCUT2D eigenvalue weighted by atomic mass is 9.78. The number of nitrogens with one attached hydrogen (secondary N) is 1. The third kappa shape index (κ3) is 2.89. The van der Waals surface area contributed by atoms with Gasteiger partial charge in [-0.2, -0.15) is 0 Å². The second-order valence-corrected chi connectivity index (χ2v) is 5.17. The van der Waals surface area contributed by atoms with Crippen LogP contribution in [0.4, 0.5) is 0 Å². The zero-order valence-electron chi connectivity index (χ0n) is 11.4. The molecule has 0 bridgehead atoms. The van der Waals surface area contributed by atoms with Crippen molar-refractivity contribution in [3.63, 3.8) is 0 Å². The van der Waals surface area contributed by atoms with Crippen molar-refractivity contribution in [1.29, 1.82) is 0 Å². The Morgan fingerprint density at radius 3 is 2.68 bits per heavy atom. The molecule has 0 heterocycles. The molecule has 1 fully saturated rings. The number of methoxy groups -OCH3 is 1. The summed E-state index contributed by atoms with van der Waals surface area (Å²) in [4.78, 5) is 11.4. The van der Waals surface area contributed by atoms with Gasteiger partial charge >= 0.3 is 0 Å². The zero-order valence-corrected chi connectivity index (χ0v) is 11.4. The first-order valence-corrected chi connectivity index (χ1v) is 6.82. The lowest BCUT2D eigenvalue weighted by Gasteiger charge is -2.31. The molecular formula is C15H22N2O2. The van der Waals surface area contributed by atoms with Gasteiger partial charge in [0.1, 0.15) is 5.75 Å². The van der Waals surface area contributed by atoms with Crippen molar-refractivity contribution in [2.24, 2.45) is 5.73 Å². The van der Waals surface area contributed by atoms with Crippen LogP contribution in [0.1, 0.15) is 31.2 Å². The minimum absolute atomic E-state index is 0.00255. The van der Waals surface area contributed by atoms with Crippen molar-refractivity contribution in [3.05, 3.63) is 29.8 Å². The minimum atomic E-state index is -0.0961. The molecule has 1 aliphatic rings. The molecule has 1 aliphatic carbocycles. The molecule has 0 aromatic heterocycles. The van der Waals surface area contributed by atoms with E-state index in [0.29, 0.717) is 6.54 Å². The Morgan fingerprint density at radius 2 is 2.05 bits per heavy atom. The van der Waals surface area contributed by atoms with E-state index in [1.165, 1.54) is 18.4 Å². The first kappa shape index (κ1) is 13.9. The quantitative estimate of drug-likeness (QED) is 0.847. The van der Waals surface area contributed by atoms with Crippen LogP contribution in [-0.2, 0) is 10.2 Å². The molecule has 104 valence electrons. The highest BCUT2D eigenvalue weighted by Crippen LogP contribution is 2.44. The first-order chi connectivity index (χ1) is 9.22. The van der Waals surface area contributed by atoms with E-state index in [-0.39, 0.29) is 17.9 Å². The molecule has 1 saturated carbocycles. The van der Waals surface area contributed by atoms with Crippen LogP contribution in [0, 0.1) is 0 Å². The molecule has 4 heteroatoms. The second kappa shape index (κ2) is 6.06. The fourth-order valence-electron chi connectivity index (χ4n) is 3.02. The molecule has 1 aromatic rings. The maximum absolute atomic E-state index is 11.4. The van der Waals surface area contributed by atoms with E-state index in [1.807, 2.05) is 18.2 Å². The summed E-state index contributed by atoms with van der Waals surface area (Å²) in [5.74, 6) is 0.813. The first-order valence-electron chi connectivity index (χ1n) is 6.82. The Kier molecular flexibility index (Phi) is 4.43. The van der Waals surface area contributed by atoms with E-state index < -0.39 is 0 Å². The van der Waals surface area contributed by atoms with Gasteiger partial charge in [-0.05, 0) is 18.9 Å². The normalized spacial score (nSPS) is 17.2. The number of carbonyl (C=O) groups excluding carboxylic acids is 1. The van der Waals surface area contributed by atoms with Gasteiger partial charge in [0.05, 0.1) is 13.7 Å². The Morgan fingerprint density at radius 1 is 1.37 bits per heavy atom. The molecule has 0 saturated heterocycles. The van der Waals surface area contributed by atoms with Crippen molar-refractivity contribution < 1.29 is 9.53 Å². The minimum Gasteiger partial charge on any atom is -0.496 e. The summed E-state index contributed by atoms with van der Waals surface area (Å²) >= 11 is 0. The Labute approximate surface area is 114 Å². The van der Waals surface area contributed by atoms with Crippen LogP contribution in [-0.4, -0.2) is 26.1 Å². The van der Waals surface area contributed by atoms with Crippen molar-refractivity contribution in [2.75, 3.05) is 20.2 Å². The molecule has 1 aromatic carbocycles. The van der Waals surface area contributed by atoms with Crippen LogP contribution in [0.2, 0.25) is 0 Å². The zero-order chi connectivity index (χ0) is 13.7. The molecule has 4 nitrogen and oxygen atoms in total. The van der Waals surface area contributed by atoms with Gasteiger partial charge in [-0.3, -0.25) is 4.79 Å². The molecule has 1 amide bonds. The van der Waals surface area contributed by atoms with E-state index in [2.05, 4.69) is 11.4 Å². The maximum Gasteiger partial charge on any atom is 0.233 e. The number of nitrogens with two attached hydrogens (primary N) is 1. The lowest BCUT2D eigenvalue weighted by molar-refractivity contribution is -0.120. The fourth-order valence-corrected chi connectivity index (χ4v) is 3.02. The van der Waals surface area contributed by atoms with E-state index in [9.17, 15) is 4.79 Å². The number of ether oxygens (including phenoxy) is 1. The van der Waals surface area contributed by atoms with Crippen molar-refractivity contribution >= 4 is 5.91 Å². The monoisotopic (exact) mass is 262 g/mol. The molecule has 3 N–H and O–H groups in total. The summed E-state index contributed by atoms with van der Waals surface area (Å²) < 4.78 is 5.48. The van der Waals surface area contributed by atoms with Gasteiger partial charge in [0.2, 0.25) is 5.91 Å². The summed E-state index contributed by atoms with van der Waals surface area (Å²) in [6.07, 6.45) is 4.55. The Balaban J connectivity index is 2.25. The summed E-state index contributed by atoms with van der Waals surface area (Å²) in [5, 5.41) is 2.95. The van der Waals surface area contributed by atoms with Crippen LogP contribution >= 0.6 is 0 Å². The van der Waals surface area contributed by atoms with Gasteiger partial charge in [0.25, 0.3) is 0 Å². The SMILES string of the molecule is COc1ccccc1C1(CNC(=O)CN)CCCC1. The molecule has 19 heavy (non-hydrogen) atoms. The number of amides is 1. The van der Waals surface area contributed by atoms with Gasteiger partial charge in [0.15, 0.2) is 0 Å². The van der Waals surface area contributed by atoms with Crippen LogP contribution in [0.5, 0.6) is 5.75 Å². The van der Waals surface area contributed by atoms with Crippen LogP contribution in [0.3, 0.4) is 0 Å². The average molecular weight is 262 g/mol. The van der Waals surface area contributed by atoms with Crippen LogP contribution < -0.4 is 15.8 Å². The lowest BCUT2D eigenvalue weighted by Crippen LogP contribution is -2.41. The van der Waals surface area contributed by atoms with E-state index >= 15 is 0 Å². The molecule has 0 atom stereocenters. The summed E-state index contributed by atoms with van der Waals surface area (Å²) in [6.45, 7) is 0.686. The smallest absolute Gasteiger partial charge is 0.233 e. The molecule has 0 aliphatic heterocycles. The molecule has 0 unspecified atom stereocenters. The van der Waals surface area contributed by atoms with Crippen molar-refractivity contribution in [2.45, 2.75) is 31.1 Å². The van der Waals surface area contributed by atoms with E-state index in [4.69, 9.17) is 10.5 Å². The van der Waals surface area contributed by atoms with Crippen molar-refractivity contribution in [3.8, 4) is 5.75 Å². The number of carbonyl (C=O) groups is 1. The summed E-state index contributed by atoms with van der Waals surface area (Å²) in [5.41, 5.74) is 6.56. The second-order valence-electron chi connectivity index (χ2n) is 5.17. The largest absolute Gasteiger partial charge is 0.496 e. The van der Waals surface area contributed by atoms with E-state index in [1.54, 1.807) is 7.11 Å². The molecule has 0 radical (unpaired) electrons. The van der Waals surface area contributed by atoms with Gasteiger partial charge < -0.3 is 15.8 Å². The van der Waals surface area contributed by atoms with Crippen molar-refractivity contribution in [1.82, 2.24) is 5.32 Å². The number of hydrogen-bond donors (Lipinski definition) is 2. The standard InChI is InChI=1S/C15H22N2O2/c1-19-13-7-3-2-6-12(13)15(8-4-5-9-15)11-17-14(18)10-16/h2-3,6-7H,4-5,8-11,16H2,1H3,(H,17,18). The predicted molar refractivity (Wildman–Crippen MR) is 75.2 cm³/mol. The summed E-state index contributed by atoms with van der Waals surface area (Å²) in [6, 6.07) is 8.10. The van der Waals surface area contributed by atoms with Crippen LogP contribution in [0.25, 0.3) is 0 Å². The highest BCUT2D eigenvalue weighted by molar-refractivity contribution is 5.77. The summed E-state index contributed by atoms with van der Waals surface area (Å²) in [7, 11) is 1.69.